The predicted molar refractivity (Wildman–Crippen MR) is 70.0 cm³/mol. The number of nitrogens with two attached hydrogens (primary N) is 1. The summed E-state index contributed by atoms with van der Waals surface area (Å²) in [5, 5.41) is 1.37. The molecular formula is C13H22N2S. The van der Waals surface area contributed by atoms with Crippen molar-refractivity contribution in [2.45, 2.75) is 64.3 Å². The van der Waals surface area contributed by atoms with Gasteiger partial charge in [0, 0.05) is 16.8 Å². The van der Waals surface area contributed by atoms with Crippen molar-refractivity contribution in [1.82, 2.24) is 4.98 Å². The third-order valence-corrected chi connectivity index (χ3v) is 4.71. The van der Waals surface area contributed by atoms with Crippen LogP contribution in [-0.2, 0) is 6.42 Å². The van der Waals surface area contributed by atoms with Gasteiger partial charge in [-0.1, -0.05) is 19.3 Å². The van der Waals surface area contributed by atoms with Crippen molar-refractivity contribution in [2.75, 3.05) is 0 Å². The van der Waals surface area contributed by atoms with E-state index in [1.807, 2.05) is 11.3 Å². The minimum absolute atomic E-state index is 0.248. The number of rotatable bonds is 3. The van der Waals surface area contributed by atoms with Gasteiger partial charge in [-0.2, -0.15) is 0 Å². The normalized spacial score (nSPS) is 19.9. The molecule has 0 spiro atoms. The third-order valence-electron chi connectivity index (χ3n) is 3.37. The van der Waals surface area contributed by atoms with Gasteiger partial charge in [-0.05, 0) is 33.1 Å². The van der Waals surface area contributed by atoms with Gasteiger partial charge in [0.1, 0.15) is 0 Å². The summed E-state index contributed by atoms with van der Waals surface area (Å²) in [5.41, 5.74) is 7.07. The second-order valence-corrected chi connectivity index (χ2v) is 6.19. The number of thiazole rings is 1. The quantitative estimate of drug-likeness (QED) is 0.876. The fraction of sp³-hybridized carbons (Fsp3) is 0.769. The van der Waals surface area contributed by atoms with E-state index in [0.29, 0.717) is 0 Å². The lowest BCUT2D eigenvalue weighted by Crippen LogP contribution is -2.17. The summed E-state index contributed by atoms with van der Waals surface area (Å²) >= 11 is 1.90. The Balaban J connectivity index is 2.09. The first-order valence-corrected chi connectivity index (χ1v) is 7.20. The number of hydrogen-bond acceptors (Lipinski definition) is 3. The van der Waals surface area contributed by atoms with E-state index in [1.165, 1.54) is 47.7 Å². The van der Waals surface area contributed by atoms with Crippen molar-refractivity contribution in [1.29, 1.82) is 0 Å². The molecule has 1 heterocycles. The highest BCUT2D eigenvalue weighted by Crippen LogP contribution is 2.35. The van der Waals surface area contributed by atoms with Crippen LogP contribution in [0.5, 0.6) is 0 Å². The molecule has 1 aliphatic carbocycles. The monoisotopic (exact) mass is 238 g/mol. The molecule has 90 valence electrons. The first-order valence-electron chi connectivity index (χ1n) is 6.38. The summed E-state index contributed by atoms with van der Waals surface area (Å²) in [5.74, 6) is 0.735. The van der Waals surface area contributed by atoms with Crippen LogP contribution in [0.15, 0.2) is 0 Å². The van der Waals surface area contributed by atoms with Crippen LogP contribution < -0.4 is 5.73 Å². The summed E-state index contributed by atoms with van der Waals surface area (Å²) in [7, 11) is 0. The molecule has 0 aromatic carbocycles. The molecule has 2 N–H and O–H groups in total. The van der Waals surface area contributed by atoms with Crippen LogP contribution in [0.4, 0.5) is 0 Å². The molecule has 2 nitrogen and oxygen atoms in total. The predicted octanol–water partition coefficient (Wildman–Crippen LogP) is 3.39. The number of aryl methyl sites for hydroxylation is 1. The van der Waals surface area contributed by atoms with Gasteiger partial charge in [0.15, 0.2) is 0 Å². The first kappa shape index (κ1) is 12.1. The Morgan fingerprint density at radius 1 is 1.38 bits per heavy atom. The average Bonchev–Trinajstić information content (AvgIpc) is 2.61. The Morgan fingerprint density at radius 2 is 2.06 bits per heavy atom. The van der Waals surface area contributed by atoms with Gasteiger partial charge in [0.05, 0.1) is 10.7 Å². The van der Waals surface area contributed by atoms with Crippen LogP contribution in [0.3, 0.4) is 0 Å². The van der Waals surface area contributed by atoms with Crippen LogP contribution in [-0.4, -0.2) is 11.0 Å². The van der Waals surface area contributed by atoms with Gasteiger partial charge in [0.2, 0.25) is 0 Å². The second kappa shape index (κ2) is 5.28. The van der Waals surface area contributed by atoms with E-state index in [4.69, 9.17) is 10.7 Å². The zero-order valence-corrected chi connectivity index (χ0v) is 11.1. The van der Waals surface area contributed by atoms with Crippen molar-refractivity contribution in [3.8, 4) is 0 Å². The van der Waals surface area contributed by atoms with Crippen LogP contribution in [0.2, 0.25) is 0 Å². The largest absolute Gasteiger partial charge is 0.328 e. The molecule has 1 aromatic heterocycles. The fourth-order valence-corrected chi connectivity index (χ4v) is 3.83. The number of nitrogens with zero attached hydrogens (tertiary/aromatic N) is 1. The molecule has 1 saturated carbocycles. The Kier molecular flexibility index (Phi) is 3.98. The topological polar surface area (TPSA) is 38.9 Å². The molecule has 0 amide bonds. The van der Waals surface area contributed by atoms with E-state index in [2.05, 4.69) is 13.8 Å². The Labute approximate surface area is 102 Å². The van der Waals surface area contributed by atoms with E-state index in [9.17, 15) is 0 Å². The number of hydrogen-bond donors (Lipinski definition) is 1. The second-order valence-electron chi connectivity index (χ2n) is 5.08. The minimum atomic E-state index is 0.248. The molecule has 1 atom stereocenters. The zero-order valence-electron chi connectivity index (χ0n) is 10.3. The molecule has 0 bridgehead atoms. The lowest BCUT2D eigenvalue weighted by molar-refractivity contribution is 0.442. The van der Waals surface area contributed by atoms with Crippen LogP contribution in [0.25, 0.3) is 0 Å². The Bertz CT molecular complexity index is 338. The summed E-state index contributed by atoms with van der Waals surface area (Å²) < 4.78 is 0. The van der Waals surface area contributed by atoms with Crippen molar-refractivity contribution in [3.05, 3.63) is 15.6 Å². The minimum Gasteiger partial charge on any atom is -0.328 e. The first-order chi connectivity index (χ1) is 7.66. The van der Waals surface area contributed by atoms with Gasteiger partial charge in [-0.3, -0.25) is 0 Å². The molecule has 1 fully saturated rings. The lowest BCUT2D eigenvalue weighted by Gasteiger charge is -2.18. The Morgan fingerprint density at radius 3 is 2.69 bits per heavy atom. The maximum atomic E-state index is 5.86. The van der Waals surface area contributed by atoms with E-state index in [-0.39, 0.29) is 6.04 Å². The van der Waals surface area contributed by atoms with Crippen molar-refractivity contribution in [3.63, 3.8) is 0 Å². The smallest absolute Gasteiger partial charge is 0.0961 e. The lowest BCUT2D eigenvalue weighted by atomic mass is 9.90. The van der Waals surface area contributed by atoms with Crippen molar-refractivity contribution >= 4 is 11.3 Å². The zero-order chi connectivity index (χ0) is 11.5. The molecular weight excluding hydrogens is 216 g/mol. The van der Waals surface area contributed by atoms with Crippen molar-refractivity contribution in [2.24, 2.45) is 5.73 Å². The maximum absolute atomic E-state index is 5.86. The molecule has 0 saturated heterocycles. The molecule has 3 heteroatoms. The molecule has 0 radical (unpaired) electrons. The summed E-state index contributed by atoms with van der Waals surface area (Å²) in [6.07, 6.45) is 7.83. The summed E-state index contributed by atoms with van der Waals surface area (Å²) in [4.78, 5) is 6.15. The average molecular weight is 238 g/mol. The van der Waals surface area contributed by atoms with E-state index in [1.54, 1.807) is 0 Å². The van der Waals surface area contributed by atoms with Gasteiger partial charge < -0.3 is 5.73 Å². The molecule has 16 heavy (non-hydrogen) atoms. The molecule has 1 unspecified atom stereocenters. The van der Waals surface area contributed by atoms with Gasteiger partial charge in [-0.25, -0.2) is 4.98 Å². The van der Waals surface area contributed by atoms with E-state index < -0.39 is 0 Å². The van der Waals surface area contributed by atoms with Crippen molar-refractivity contribution < 1.29 is 0 Å². The Hall–Kier alpha value is -0.410. The van der Waals surface area contributed by atoms with Gasteiger partial charge in [0.25, 0.3) is 0 Å². The van der Waals surface area contributed by atoms with E-state index >= 15 is 0 Å². The molecule has 0 aliphatic heterocycles. The molecule has 2 rings (SSSR count). The van der Waals surface area contributed by atoms with Crippen LogP contribution >= 0.6 is 11.3 Å². The highest BCUT2D eigenvalue weighted by atomic mass is 32.1. The SMILES string of the molecule is Cc1nc(C2CCCCC2)sc1CC(C)N. The standard InChI is InChI=1S/C13H22N2S/c1-9(14)8-12-10(2)15-13(16-12)11-6-4-3-5-7-11/h9,11H,3-8,14H2,1-2H3. The van der Waals surface area contributed by atoms with Crippen LogP contribution in [0, 0.1) is 6.92 Å². The molecule has 1 aliphatic rings. The van der Waals surface area contributed by atoms with Crippen LogP contribution in [0.1, 0.15) is 60.5 Å². The summed E-state index contributed by atoms with van der Waals surface area (Å²) in [6.45, 7) is 4.19. The fourth-order valence-electron chi connectivity index (χ4n) is 2.46. The molecule has 1 aromatic rings. The van der Waals surface area contributed by atoms with Gasteiger partial charge >= 0.3 is 0 Å². The summed E-state index contributed by atoms with van der Waals surface area (Å²) in [6, 6.07) is 0.248. The highest BCUT2D eigenvalue weighted by molar-refractivity contribution is 7.11. The number of aromatic nitrogens is 1. The van der Waals surface area contributed by atoms with Gasteiger partial charge in [-0.15, -0.1) is 11.3 Å². The highest BCUT2D eigenvalue weighted by Gasteiger charge is 2.20. The third kappa shape index (κ3) is 2.83. The van der Waals surface area contributed by atoms with E-state index in [0.717, 1.165) is 12.3 Å². The maximum Gasteiger partial charge on any atom is 0.0961 e.